The Morgan fingerprint density at radius 1 is 1.07 bits per heavy atom. The van der Waals surface area contributed by atoms with Gasteiger partial charge in [0.2, 0.25) is 5.91 Å². The molecule has 1 heterocycles. The van der Waals surface area contributed by atoms with Gasteiger partial charge in [0.1, 0.15) is 0 Å². The molecule has 6 nitrogen and oxygen atoms in total. The number of amides is 1. The maximum Gasteiger partial charge on any atom is 0.337 e. The van der Waals surface area contributed by atoms with Gasteiger partial charge in [0, 0.05) is 6.54 Å². The molecule has 2 unspecified atom stereocenters. The fourth-order valence-corrected chi connectivity index (χ4v) is 4.54. The highest BCUT2D eigenvalue weighted by Crippen LogP contribution is 2.22. The van der Waals surface area contributed by atoms with Crippen molar-refractivity contribution in [1.29, 1.82) is 0 Å². The molecule has 0 bridgehead atoms. The quantitative estimate of drug-likeness (QED) is 0.652. The van der Waals surface area contributed by atoms with Gasteiger partial charge in [-0.1, -0.05) is 37.8 Å². The lowest BCUT2D eigenvalue weighted by Crippen LogP contribution is -2.51. The number of nitrogens with zero attached hydrogens (tertiary/aromatic N) is 1. The van der Waals surface area contributed by atoms with Crippen molar-refractivity contribution in [2.75, 3.05) is 26.8 Å². The van der Waals surface area contributed by atoms with E-state index < -0.39 is 0 Å². The van der Waals surface area contributed by atoms with Gasteiger partial charge in [-0.15, -0.1) is 0 Å². The Bertz CT molecular complexity index is 685. The number of esters is 1. The van der Waals surface area contributed by atoms with Gasteiger partial charge in [-0.3, -0.25) is 9.69 Å². The largest absolute Gasteiger partial charge is 0.465 e. The molecule has 6 heteroatoms. The van der Waals surface area contributed by atoms with Gasteiger partial charge in [-0.2, -0.15) is 0 Å². The Morgan fingerprint density at radius 2 is 1.77 bits per heavy atom. The average Bonchev–Trinajstić information content (AvgIpc) is 2.79. The van der Waals surface area contributed by atoms with Crippen LogP contribution in [-0.4, -0.2) is 55.7 Å². The number of methoxy groups -OCH3 is 1. The van der Waals surface area contributed by atoms with E-state index in [0.29, 0.717) is 18.3 Å². The van der Waals surface area contributed by atoms with Gasteiger partial charge in [-0.25, -0.2) is 4.79 Å². The number of likely N-dealkylation sites (tertiary alicyclic amines) is 1. The van der Waals surface area contributed by atoms with Crippen molar-refractivity contribution < 1.29 is 19.1 Å². The van der Waals surface area contributed by atoms with Crippen molar-refractivity contribution in [2.24, 2.45) is 0 Å². The molecule has 1 aliphatic carbocycles. The second-order valence-electron chi connectivity index (χ2n) is 8.52. The van der Waals surface area contributed by atoms with Crippen molar-refractivity contribution in [3.8, 4) is 0 Å². The number of hydrogen-bond acceptors (Lipinski definition) is 5. The lowest BCUT2D eigenvalue weighted by atomic mass is 9.98. The molecule has 1 saturated heterocycles. The molecule has 0 radical (unpaired) electrons. The van der Waals surface area contributed by atoms with Crippen molar-refractivity contribution in [3.63, 3.8) is 0 Å². The van der Waals surface area contributed by atoms with Crippen LogP contribution in [0.2, 0.25) is 0 Å². The number of piperidine rings is 1. The number of rotatable bonds is 8. The molecular formula is C24H36N2O4. The van der Waals surface area contributed by atoms with E-state index in [1.54, 1.807) is 12.1 Å². The summed E-state index contributed by atoms with van der Waals surface area (Å²) in [7, 11) is 1.37. The Kier molecular flexibility index (Phi) is 8.70. The summed E-state index contributed by atoms with van der Waals surface area (Å²) in [4.78, 5) is 26.9. The van der Waals surface area contributed by atoms with Gasteiger partial charge in [0.25, 0.3) is 0 Å². The zero-order valence-corrected chi connectivity index (χ0v) is 18.4. The molecule has 0 aromatic heterocycles. The molecule has 2 fully saturated rings. The number of nitrogens with one attached hydrogen (secondary N) is 1. The third-order valence-electron chi connectivity index (χ3n) is 6.39. The zero-order valence-electron chi connectivity index (χ0n) is 18.4. The number of hydrogen-bond donors (Lipinski definition) is 1. The maximum atomic E-state index is 13.0. The molecular weight excluding hydrogens is 380 g/mol. The van der Waals surface area contributed by atoms with Crippen LogP contribution in [0, 0.1) is 0 Å². The highest BCUT2D eigenvalue weighted by Gasteiger charge is 2.29. The van der Waals surface area contributed by atoms with E-state index in [9.17, 15) is 9.59 Å². The first-order chi connectivity index (χ1) is 14.6. The molecule has 30 heavy (non-hydrogen) atoms. The lowest BCUT2D eigenvalue weighted by molar-refractivity contribution is -0.128. The average molecular weight is 417 g/mol. The zero-order chi connectivity index (χ0) is 21.3. The highest BCUT2D eigenvalue weighted by molar-refractivity contribution is 5.89. The van der Waals surface area contributed by atoms with Crippen molar-refractivity contribution >= 4 is 11.9 Å². The molecule has 0 spiro atoms. The second-order valence-corrected chi connectivity index (χ2v) is 8.52. The van der Waals surface area contributed by atoms with E-state index in [1.807, 2.05) is 19.1 Å². The summed E-state index contributed by atoms with van der Waals surface area (Å²) in [6.07, 6.45) is 9.75. The fraction of sp³-hybridized carbons (Fsp3) is 0.667. The smallest absolute Gasteiger partial charge is 0.337 e. The third-order valence-corrected chi connectivity index (χ3v) is 6.39. The van der Waals surface area contributed by atoms with Crippen LogP contribution in [0.5, 0.6) is 0 Å². The SMILES string of the molecule is COC(=O)c1ccc(C(C)NC(=O)C2CCCCN2CCOC2CCCCC2)cc1. The number of benzene rings is 1. The molecule has 166 valence electrons. The Hall–Kier alpha value is -1.92. The van der Waals surface area contributed by atoms with E-state index in [0.717, 1.165) is 37.9 Å². The van der Waals surface area contributed by atoms with Crippen molar-refractivity contribution in [1.82, 2.24) is 10.2 Å². The highest BCUT2D eigenvalue weighted by atomic mass is 16.5. The van der Waals surface area contributed by atoms with Crippen LogP contribution in [-0.2, 0) is 14.3 Å². The first-order valence-electron chi connectivity index (χ1n) is 11.4. The van der Waals surface area contributed by atoms with E-state index >= 15 is 0 Å². The molecule has 2 atom stereocenters. The Balaban J connectivity index is 1.50. The van der Waals surface area contributed by atoms with Crippen LogP contribution >= 0.6 is 0 Å². The summed E-state index contributed by atoms with van der Waals surface area (Å²) in [5, 5.41) is 3.16. The number of carbonyl (C=O) groups excluding carboxylic acids is 2. The normalized spacial score (nSPS) is 21.7. The third kappa shape index (κ3) is 6.29. The molecule has 3 rings (SSSR count). The van der Waals surface area contributed by atoms with Gasteiger partial charge in [0.15, 0.2) is 0 Å². The van der Waals surface area contributed by atoms with Crippen LogP contribution < -0.4 is 5.32 Å². The fourth-order valence-electron chi connectivity index (χ4n) is 4.54. The van der Waals surface area contributed by atoms with E-state index in [1.165, 1.54) is 39.2 Å². The molecule has 2 aliphatic rings. The van der Waals surface area contributed by atoms with E-state index in [4.69, 9.17) is 9.47 Å². The standard InChI is InChI=1S/C24H36N2O4/c1-18(19-11-13-20(14-12-19)24(28)29-2)25-23(27)22-10-6-7-15-26(22)16-17-30-21-8-4-3-5-9-21/h11-14,18,21-22H,3-10,15-17H2,1-2H3,(H,25,27). The van der Waals surface area contributed by atoms with Gasteiger partial charge < -0.3 is 14.8 Å². The molecule has 1 saturated carbocycles. The first kappa shape index (κ1) is 22.8. The maximum absolute atomic E-state index is 13.0. The number of ether oxygens (including phenoxy) is 2. The summed E-state index contributed by atoms with van der Waals surface area (Å²) in [6.45, 7) is 4.45. The molecule has 1 N–H and O–H groups in total. The van der Waals surface area contributed by atoms with Crippen LogP contribution in [0.1, 0.15) is 80.3 Å². The number of carbonyl (C=O) groups is 2. The van der Waals surface area contributed by atoms with Gasteiger partial charge >= 0.3 is 5.97 Å². The topological polar surface area (TPSA) is 67.9 Å². The van der Waals surface area contributed by atoms with Crippen LogP contribution in [0.15, 0.2) is 24.3 Å². The molecule has 1 aliphatic heterocycles. The second kappa shape index (κ2) is 11.5. The Labute approximate surface area is 180 Å². The molecule has 1 aromatic rings. The monoisotopic (exact) mass is 416 g/mol. The predicted octanol–water partition coefficient (Wildman–Crippen LogP) is 3.85. The predicted molar refractivity (Wildman–Crippen MR) is 116 cm³/mol. The van der Waals surface area contributed by atoms with Crippen molar-refractivity contribution in [2.45, 2.75) is 76.5 Å². The minimum atomic E-state index is -0.355. The Morgan fingerprint density at radius 3 is 2.47 bits per heavy atom. The summed E-state index contributed by atoms with van der Waals surface area (Å²) in [5.41, 5.74) is 1.48. The van der Waals surface area contributed by atoms with Crippen LogP contribution in [0.25, 0.3) is 0 Å². The summed E-state index contributed by atoms with van der Waals surface area (Å²) in [6, 6.07) is 7.00. The minimum Gasteiger partial charge on any atom is -0.465 e. The van der Waals surface area contributed by atoms with E-state index in [-0.39, 0.29) is 24.0 Å². The molecule has 1 aromatic carbocycles. The minimum absolute atomic E-state index is 0.0805. The lowest BCUT2D eigenvalue weighted by Gasteiger charge is -2.35. The summed E-state index contributed by atoms with van der Waals surface area (Å²) >= 11 is 0. The first-order valence-corrected chi connectivity index (χ1v) is 11.4. The van der Waals surface area contributed by atoms with E-state index in [2.05, 4.69) is 10.2 Å². The van der Waals surface area contributed by atoms with Crippen molar-refractivity contribution in [3.05, 3.63) is 35.4 Å². The molecule has 1 amide bonds. The summed E-state index contributed by atoms with van der Waals surface area (Å²) < 4.78 is 10.8. The van der Waals surface area contributed by atoms with Crippen LogP contribution in [0.3, 0.4) is 0 Å². The van der Waals surface area contributed by atoms with Gasteiger partial charge in [0.05, 0.1) is 37.5 Å². The van der Waals surface area contributed by atoms with Crippen LogP contribution in [0.4, 0.5) is 0 Å². The summed E-state index contributed by atoms with van der Waals surface area (Å²) in [5.74, 6) is -0.275. The van der Waals surface area contributed by atoms with Gasteiger partial charge in [-0.05, 0) is 56.8 Å².